The second-order valence-electron chi connectivity index (χ2n) is 6.97. The van der Waals surface area contributed by atoms with E-state index < -0.39 is 6.09 Å². The summed E-state index contributed by atoms with van der Waals surface area (Å²) in [5, 5.41) is 5.65. The fraction of sp³-hybridized carbons (Fsp3) is 0.316. The zero-order valence-electron chi connectivity index (χ0n) is 16.7. The number of nitrogens with two attached hydrogens (primary N) is 2. The summed E-state index contributed by atoms with van der Waals surface area (Å²) in [5.41, 5.74) is 14.2. The molecule has 30 heavy (non-hydrogen) atoms. The molecule has 0 radical (unpaired) electrons. The SMILES string of the molecule is CN(C)c1ncnc2c1c(-c1ccc3oc(N)nc3c1)nn2CCCCOC(N)=O. The van der Waals surface area contributed by atoms with Crippen molar-refractivity contribution < 1.29 is 13.9 Å². The summed E-state index contributed by atoms with van der Waals surface area (Å²) in [7, 11) is 3.84. The van der Waals surface area contributed by atoms with Gasteiger partial charge in [0.25, 0.3) is 6.01 Å². The van der Waals surface area contributed by atoms with Crippen molar-refractivity contribution in [3.8, 4) is 11.3 Å². The Balaban J connectivity index is 1.74. The van der Waals surface area contributed by atoms with Gasteiger partial charge in [0.15, 0.2) is 11.2 Å². The fourth-order valence-corrected chi connectivity index (χ4v) is 3.32. The predicted octanol–water partition coefficient (Wildman–Crippen LogP) is 2.16. The van der Waals surface area contributed by atoms with Gasteiger partial charge in [0.2, 0.25) is 0 Å². The van der Waals surface area contributed by atoms with Crippen molar-refractivity contribution in [3.05, 3.63) is 24.5 Å². The highest BCUT2D eigenvalue weighted by Gasteiger charge is 2.20. The summed E-state index contributed by atoms with van der Waals surface area (Å²) in [6.45, 7) is 0.866. The van der Waals surface area contributed by atoms with E-state index in [2.05, 4.69) is 15.0 Å². The number of ether oxygens (including phenoxy) is 1. The van der Waals surface area contributed by atoms with Crippen molar-refractivity contribution >= 4 is 40.1 Å². The molecule has 0 aliphatic carbocycles. The number of rotatable bonds is 7. The van der Waals surface area contributed by atoms with Crippen molar-refractivity contribution in [1.82, 2.24) is 24.7 Å². The standard InChI is InChI=1S/C19H22N8O3/c1-26(2)16-14-15(11-5-6-13-12(9-11)24-18(20)30-13)25-27(17(14)23-10-22-16)7-3-4-8-29-19(21)28/h5-6,9-10H,3-4,7-8H2,1-2H3,(H2,20,24)(H2,21,28). The average molecular weight is 410 g/mol. The Morgan fingerprint density at radius 2 is 2.10 bits per heavy atom. The number of oxazole rings is 1. The van der Waals surface area contributed by atoms with Gasteiger partial charge in [-0.2, -0.15) is 10.1 Å². The summed E-state index contributed by atoms with van der Waals surface area (Å²) in [6.07, 6.45) is 2.16. The summed E-state index contributed by atoms with van der Waals surface area (Å²) in [5.74, 6) is 0.762. The Hall–Kier alpha value is -3.89. The minimum atomic E-state index is -0.769. The number of aromatic nitrogens is 5. The molecule has 4 N–H and O–H groups in total. The largest absolute Gasteiger partial charge is 0.450 e. The number of anilines is 2. The molecule has 156 valence electrons. The minimum Gasteiger partial charge on any atom is -0.450 e. The molecule has 11 nitrogen and oxygen atoms in total. The molecule has 0 spiro atoms. The van der Waals surface area contributed by atoms with Crippen LogP contribution in [0.3, 0.4) is 0 Å². The Kier molecular flexibility index (Phi) is 5.09. The molecule has 0 saturated carbocycles. The molecule has 3 aromatic heterocycles. The summed E-state index contributed by atoms with van der Waals surface area (Å²) in [6, 6.07) is 5.73. The first-order valence-electron chi connectivity index (χ1n) is 9.41. The number of nitrogen functional groups attached to an aromatic ring is 1. The highest BCUT2D eigenvalue weighted by molar-refractivity contribution is 6.00. The maximum absolute atomic E-state index is 10.7. The predicted molar refractivity (Wildman–Crippen MR) is 112 cm³/mol. The number of unbranched alkanes of at least 4 members (excludes halogenated alkanes) is 1. The van der Waals surface area contributed by atoms with E-state index in [0.717, 1.165) is 34.5 Å². The lowest BCUT2D eigenvalue weighted by atomic mass is 10.1. The normalized spacial score (nSPS) is 11.3. The van der Waals surface area contributed by atoms with Gasteiger partial charge in [-0.1, -0.05) is 0 Å². The van der Waals surface area contributed by atoms with Gasteiger partial charge in [-0.15, -0.1) is 0 Å². The van der Waals surface area contributed by atoms with Crippen LogP contribution < -0.4 is 16.4 Å². The van der Waals surface area contributed by atoms with Crippen LogP contribution in [0.2, 0.25) is 0 Å². The van der Waals surface area contributed by atoms with Crippen molar-refractivity contribution in [3.63, 3.8) is 0 Å². The van der Waals surface area contributed by atoms with Crippen LogP contribution in [0.5, 0.6) is 0 Å². The number of aryl methyl sites for hydroxylation is 1. The maximum atomic E-state index is 10.7. The van der Waals surface area contributed by atoms with E-state index in [0.29, 0.717) is 24.1 Å². The topological polar surface area (TPSA) is 151 Å². The molecule has 0 atom stereocenters. The van der Waals surface area contributed by atoms with Crippen LogP contribution >= 0.6 is 0 Å². The molecular weight excluding hydrogens is 388 g/mol. The Morgan fingerprint density at radius 1 is 1.27 bits per heavy atom. The Morgan fingerprint density at radius 3 is 2.87 bits per heavy atom. The van der Waals surface area contributed by atoms with E-state index in [9.17, 15) is 4.79 Å². The fourth-order valence-electron chi connectivity index (χ4n) is 3.32. The number of amides is 1. The first kappa shape index (κ1) is 19.4. The number of carbonyl (C=O) groups excluding carboxylic acids is 1. The molecule has 4 rings (SSSR count). The van der Waals surface area contributed by atoms with E-state index in [1.807, 2.05) is 41.9 Å². The third kappa shape index (κ3) is 3.69. The van der Waals surface area contributed by atoms with Gasteiger partial charge in [-0.25, -0.2) is 19.4 Å². The van der Waals surface area contributed by atoms with E-state index in [1.54, 1.807) is 0 Å². The number of fused-ring (bicyclic) bond motifs is 2. The highest BCUT2D eigenvalue weighted by atomic mass is 16.5. The quantitative estimate of drug-likeness (QED) is 0.437. The van der Waals surface area contributed by atoms with Crippen molar-refractivity contribution in [2.24, 2.45) is 5.73 Å². The maximum Gasteiger partial charge on any atom is 0.404 e. The molecule has 0 aliphatic heterocycles. The summed E-state index contributed by atoms with van der Waals surface area (Å²) in [4.78, 5) is 25.7. The molecule has 0 bridgehead atoms. The highest BCUT2D eigenvalue weighted by Crippen LogP contribution is 2.34. The van der Waals surface area contributed by atoms with Crippen LogP contribution in [-0.4, -0.2) is 51.5 Å². The van der Waals surface area contributed by atoms with Gasteiger partial charge in [-0.05, 0) is 31.0 Å². The molecule has 1 amide bonds. The monoisotopic (exact) mass is 410 g/mol. The van der Waals surface area contributed by atoms with Crippen LogP contribution in [0.25, 0.3) is 33.4 Å². The number of primary amides is 1. The Bertz CT molecular complexity index is 1210. The molecule has 4 aromatic rings. The zero-order valence-corrected chi connectivity index (χ0v) is 16.7. The van der Waals surface area contributed by atoms with E-state index in [-0.39, 0.29) is 12.6 Å². The number of nitrogens with zero attached hydrogens (tertiary/aromatic N) is 6. The van der Waals surface area contributed by atoms with Crippen LogP contribution in [0, 0.1) is 0 Å². The smallest absolute Gasteiger partial charge is 0.404 e. The number of hydrogen-bond acceptors (Lipinski definition) is 9. The van der Waals surface area contributed by atoms with Crippen LogP contribution in [0.1, 0.15) is 12.8 Å². The average Bonchev–Trinajstić information content (AvgIpc) is 3.26. The second kappa shape index (κ2) is 7.85. The van der Waals surface area contributed by atoms with E-state index >= 15 is 0 Å². The minimum absolute atomic E-state index is 0.119. The molecule has 0 fully saturated rings. The van der Waals surface area contributed by atoms with Crippen molar-refractivity contribution in [2.45, 2.75) is 19.4 Å². The van der Waals surface area contributed by atoms with Crippen LogP contribution in [-0.2, 0) is 11.3 Å². The van der Waals surface area contributed by atoms with Crippen LogP contribution in [0.15, 0.2) is 28.9 Å². The van der Waals surface area contributed by atoms with Gasteiger partial charge in [0, 0.05) is 26.2 Å². The number of benzene rings is 1. The third-order valence-corrected chi connectivity index (χ3v) is 4.62. The van der Waals surface area contributed by atoms with Gasteiger partial charge >= 0.3 is 6.09 Å². The summed E-state index contributed by atoms with van der Waals surface area (Å²) >= 11 is 0. The molecular formula is C19H22N8O3. The first-order chi connectivity index (χ1) is 14.4. The van der Waals surface area contributed by atoms with Gasteiger partial charge < -0.3 is 25.5 Å². The van der Waals surface area contributed by atoms with E-state index in [4.69, 9.17) is 25.7 Å². The molecule has 3 heterocycles. The van der Waals surface area contributed by atoms with Crippen molar-refractivity contribution in [2.75, 3.05) is 31.3 Å². The second-order valence-corrected chi connectivity index (χ2v) is 6.97. The number of carbonyl (C=O) groups is 1. The molecule has 11 heteroatoms. The zero-order chi connectivity index (χ0) is 21.3. The van der Waals surface area contributed by atoms with Gasteiger partial charge in [-0.3, -0.25) is 0 Å². The van der Waals surface area contributed by atoms with Crippen LogP contribution in [0.4, 0.5) is 16.6 Å². The van der Waals surface area contributed by atoms with E-state index in [1.165, 1.54) is 6.33 Å². The molecule has 0 aliphatic rings. The van der Waals surface area contributed by atoms with Gasteiger partial charge in [0.1, 0.15) is 23.4 Å². The molecule has 0 unspecified atom stereocenters. The van der Waals surface area contributed by atoms with Crippen molar-refractivity contribution in [1.29, 1.82) is 0 Å². The lowest BCUT2D eigenvalue weighted by Crippen LogP contribution is -2.14. The first-order valence-corrected chi connectivity index (χ1v) is 9.41. The lowest BCUT2D eigenvalue weighted by Gasteiger charge is -2.12. The number of hydrogen-bond donors (Lipinski definition) is 2. The molecule has 0 saturated heterocycles. The molecule has 1 aromatic carbocycles. The Labute approximate surface area is 171 Å². The summed E-state index contributed by atoms with van der Waals surface area (Å²) < 4.78 is 12.0. The third-order valence-electron chi connectivity index (χ3n) is 4.62. The lowest BCUT2D eigenvalue weighted by molar-refractivity contribution is 0.154. The van der Waals surface area contributed by atoms with Gasteiger partial charge in [0.05, 0.1) is 12.0 Å².